The Labute approximate surface area is 235 Å². The van der Waals surface area contributed by atoms with E-state index in [1.54, 1.807) is 48.5 Å². The third kappa shape index (κ3) is 6.87. The van der Waals surface area contributed by atoms with Gasteiger partial charge in [-0.05, 0) is 54.4 Å². The van der Waals surface area contributed by atoms with Gasteiger partial charge in [-0.15, -0.1) is 5.10 Å². The van der Waals surface area contributed by atoms with Crippen LogP contribution < -0.4 is 27.2 Å². The molecule has 1 unspecified atom stereocenters. The average molecular weight is 563 g/mol. The number of nitrogen functional groups attached to an aromatic ring is 2. The molecule has 0 aliphatic rings. The van der Waals surface area contributed by atoms with E-state index in [1.165, 1.54) is 13.1 Å². The number of hydrogen-bond acceptors (Lipinski definition) is 9. The maximum atomic E-state index is 16.1. The predicted octanol–water partition coefficient (Wildman–Crippen LogP) is 3.06. The molecule has 7 N–H and O–H groups in total. The maximum Gasteiger partial charge on any atom is 0.349 e. The van der Waals surface area contributed by atoms with Gasteiger partial charge in [0.05, 0.1) is 18.9 Å². The van der Waals surface area contributed by atoms with Gasteiger partial charge in [-0.2, -0.15) is 4.68 Å². The van der Waals surface area contributed by atoms with Gasteiger partial charge in [0.15, 0.2) is 23.2 Å². The molecule has 2 aromatic carbocycles. The van der Waals surface area contributed by atoms with Crippen molar-refractivity contribution < 1.29 is 18.7 Å². The van der Waals surface area contributed by atoms with Gasteiger partial charge < -0.3 is 26.3 Å². The number of aromatic nitrogens is 4. The Morgan fingerprint density at radius 2 is 1.98 bits per heavy atom. The first-order chi connectivity index (χ1) is 19.7. The summed E-state index contributed by atoms with van der Waals surface area (Å²) in [6.07, 6.45) is 2.43. The van der Waals surface area contributed by atoms with Crippen molar-refractivity contribution in [2.24, 2.45) is 5.73 Å². The van der Waals surface area contributed by atoms with Crippen molar-refractivity contribution in [3.8, 4) is 11.6 Å². The van der Waals surface area contributed by atoms with Gasteiger partial charge in [-0.3, -0.25) is 15.2 Å². The van der Waals surface area contributed by atoms with Crippen LogP contribution in [0.1, 0.15) is 48.8 Å². The van der Waals surface area contributed by atoms with Gasteiger partial charge in [0.1, 0.15) is 11.9 Å². The van der Waals surface area contributed by atoms with E-state index in [9.17, 15) is 9.59 Å². The van der Waals surface area contributed by atoms with Gasteiger partial charge in [-0.1, -0.05) is 13.0 Å². The lowest BCUT2D eigenvalue weighted by molar-refractivity contribution is -0.141. The van der Waals surface area contributed by atoms with Crippen molar-refractivity contribution in [1.29, 1.82) is 5.41 Å². The van der Waals surface area contributed by atoms with E-state index in [-0.39, 0.29) is 47.7 Å². The number of halogens is 1. The van der Waals surface area contributed by atoms with Crippen LogP contribution in [0.5, 0.6) is 5.75 Å². The van der Waals surface area contributed by atoms with Gasteiger partial charge in [0, 0.05) is 36.4 Å². The number of nitrogens with zero attached hydrogens (tertiary/aromatic N) is 3. The summed E-state index contributed by atoms with van der Waals surface area (Å²) in [7, 11) is 0. The minimum atomic E-state index is -0.980. The number of ether oxygens (including phenoxy) is 2. The molecule has 1 atom stereocenters. The van der Waals surface area contributed by atoms with Crippen molar-refractivity contribution in [2.75, 3.05) is 24.3 Å². The van der Waals surface area contributed by atoms with Crippen molar-refractivity contribution in [3.63, 3.8) is 0 Å². The van der Waals surface area contributed by atoms with Gasteiger partial charge in [0.2, 0.25) is 0 Å². The molecule has 0 amide bonds. The molecule has 4 aromatic rings. The molecule has 0 saturated carbocycles. The molecular formula is C28H31FN8O4. The van der Waals surface area contributed by atoms with E-state index in [0.29, 0.717) is 24.1 Å². The van der Waals surface area contributed by atoms with Crippen LogP contribution in [-0.4, -0.2) is 44.8 Å². The second-order valence-electron chi connectivity index (χ2n) is 9.10. The van der Waals surface area contributed by atoms with E-state index in [1.807, 2.05) is 6.92 Å². The molecular weight excluding hydrogens is 531 g/mol. The Morgan fingerprint density at radius 3 is 2.63 bits per heavy atom. The van der Waals surface area contributed by atoms with Gasteiger partial charge in [-0.25, -0.2) is 14.2 Å². The molecule has 0 fully saturated rings. The molecule has 0 bridgehead atoms. The van der Waals surface area contributed by atoms with E-state index in [2.05, 4.69) is 20.4 Å². The summed E-state index contributed by atoms with van der Waals surface area (Å²) in [6.45, 7) is 3.50. The highest BCUT2D eigenvalue weighted by Crippen LogP contribution is 2.33. The summed E-state index contributed by atoms with van der Waals surface area (Å²) in [4.78, 5) is 30.8. The molecule has 0 radical (unpaired) electrons. The average Bonchev–Trinajstić information content (AvgIpc) is 3.33. The number of nitrogens with one attached hydrogen (secondary N) is 3. The number of benzene rings is 2. The Hall–Kier alpha value is -5.20. The zero-order valence-corrected chi connectivity index (χ0v) is 22.6. The van der Waals surface area contributed by atoms with Crippen molar-refractivity contribution in [3.05, 3.63) is 93.5 Å². The highest BCUT2D eigenvalue weighted by Gasteiger charge is 2.26. The highest BCUT2D eigenvalue weighted by molar-refractivity contribution is 5.95. The first-order valence-corrected chi connectivity index (χ1v) is 12.9. The molecule has 214 valence electrons. The number of aromatic amines is 1. The van der Waals surface area contributed by atoms with Gasteiger partial charge in [0.25, 0.3) is 0 Å². The molecule has 2 aromatic heterocycles. The van der Waals surface area contributed by atoms with E-state index in [4.69, 9.17) is 26.4 Å². The summed E-state index contributed by atoms with van der Waals surface area (Å²) in [5, 5.41) is 15.3. The molecule has 12 nitrogen and oxygen atoms in total. The number of pyridine rings is 1. The number of amidine groups is 1. The smallest absolute Gasteiger partial charge is 0.349 e. The fourth-order valence-corrected chi connectivity index (χ4v) is 4.06. The largest absolute Gasteiger partial charge is 0.490 e. The third-order valence-corrected chi connectivity index (χ3v) is 6.13. The molecule has 0 aliphatic carbocycles. The van der Waals surface area contributed by atoms with Crippen LogP contribution in [0.3, 0.4) is 0 Å². The highest BCUT2D eigenvalue weighted by atomic mass is 19.1. The number of rotatable bonds is 12. The Kier molecular flexibility index (Phi) is 8.97. The normalized spacial score (nSPS) is 11.6. The first kappa shape index (κ1) is 28.8. The minimum Gasteiger partial charge on any atom is -0.490 e. The van der Waals surface area contributed by atoms with Crippen molar-refractivity contribution in [1.82, 2.24) is 19.7 Å². The second-order valence-corrected chi connectivity index (χ2v) is 9.10. The predicted molar refractivity (Wildman–Crippen MR) is 152 cm³/mol. The van der Waals surface area contributed by atoms with Crippen LogP contribution >= 0.6 is 0 Å². The van der Waals surface area contributed by atoms with Crippen LogP contribution in [0.25, 0.3) is 5.82 Å². The third-order valence-electron chi connectivity index (χ3n) is 6.13. The standard InChI is InChI=1S/C28H31FN8O4/c1-3-17-14-20(23(29)22(15-17)41-13-5-12-40-16(2)38)24(34-19-9-7-18(8-10-19)25(31)32)26-35-28(39)37(36-26)27-21(30)6-4-11-33-27/h4,6-11,14-15,24,34H,3,5,12-13,30H2,1-2H3,(H3,31,32)(H,35,36,39). The Morgan fingerprint density at radius 1 is 1.22 bits per heavy atom. The van der Waals surface area contributed by atoms with Crippen LogP contribution in [0.4, 0.5) is 15.8 Å². The molecule has 2 heterocycles. The molecule has 41 heavy (non-hydrogen) atoms. The number of aryl methyl sites for hydroxylation is 1. The summed E-state index contributed by atoms with van der Waals surface area (Å²) in [5.74, 6) is -0.913. The summed E-state index contributed by atoms with van der Waals surface area (Å²) < 4.78 is 27.8. The summed E-state index contributed by atoms with van der Waals surface area (Å²) >= 11 is 0. The SMILES string of the molecule is CCc1cc(OCCCOC(C)=O)c(F)c(C(Nc2ccc(C(=N)N)cc2)c2nn(-c3ncccc3N)c(=O)[nH]2)c1. The molecule has 4 rings (SSSR count). The molecule has 0 saturated heterocycles. The summed E-state index contributed by atoms with van der Waals surface area (Å²) in [5.41, 5.74) is 13.3. The first-order valence-electron chi connectivity index (χ1n) is 12.9. The maximum absolute atomic E-state index is 16.1. The fourth-order valence-electron chi connectivity index (χ4n) is 4.06. The summed E-state index contributed by atoms with van der Waals surface area (Å²) in [6, 6.07) is 12.2. The number of anilines is 2. The van der Waals surface area contributed by atoms with Crippen LogP contribution in [0, 0.1) is 11.2 Å². The molecule has 13 heteroatoms. The minimum absolute atomic E-state index is 0.0108. The number of esters is 1. The number of hydrogen-bond donors (Lipinski definition) is 5. The lowest BCUT2D eigenvalue weighted by atomic mass is 10.00. The molecule has 0 spiro atoms. The van der Waals surface area contributed by atoms with Crippen LogP contribution in [-0.2, 0) is 16.0 Å². The van der Waals surface area contributed by atoms with Gasteiger partial charge >= 0.3 is 11.7 Å². The van der Waals surface area contributed by atoms with Crippen LogP contribution in [0.2, 0.25) is 0 Å². The molecule has 0 aliphatic heterocycles. The van der Waals surface area contributed by atoms with E-state index in [0.717, 1.165) is 10.2 Å². The zero-order valence-electron chi connectivity index (χ0n) is 22.6. The lowest BCUT2D eigenvalue weighted by Gasteiger charge is -2.21. The topological polar surface area (TPSA) is 187 Å². The number of nitrogens with two attached hydrogens (primary N) is 2. The zero-order chi connectivity index (χ0) is 29.5. The van der Waals surface area contributed by atoms with E-state index < -0.39 is 23.5 Å². The fraction of sp³-hybridized carbons (Fsp3) is 0.250. The number of carbonyl (C=O) groups is 1. The van der Waals surface area contributed by atoms with Crippen molar-refractivity contribution in [2.45, 2.75) is 32.7 Å². The Balaban J connectivity index is 1.76. The number of carbonyl (C=O) groups excluding carboxylic acids is 1. The number of H-pyrrole nitrogens is 1. The quantitative estimate of drug-likeness (QED) is 0.0748. The van der Waals surface area contributed by atoms with Crippen LogP contribution in [0.15, 0.2) is 59.5 Å². The Bertz CT molecular complexity index is 1600. The second kappa shape index (κ2) is 12.8. The van der Waals surface area contributed by atoms with E-state index >= 15 is 4.39 Å². The van der Waals surface area contributed by atoms with Crippen molar-refractivity contribution >= 4 is 23.2 Å². The monoisotopic (exact) mass is 562 g/mol. The lowest BCUT2D eigenvalue weighted by Crippen LogP contribution is -2.18.